The van der Waals surface area contributed by atoms with Gasteiger partial charge in [-0.1, -0.05) is 229 Å². The van der Waals surface area contributed by atoms with Gasteiger partial charge in [0, 0.05) is 54.3 Å². The Morgan fingerprint density at radius 1 is 0.282 bits per heavy atom. The molecule has 0 atom stereocenters. The van der Waals surface area contributed by atoms with Gasteiger partial charge in [0.2, 0.25) is 0 Å². The van der Waals surface area contributed by atoms with E-state index < -0.39 is 0 Å². The maximum absolute atomic E-state index is 4.97. The van der Waals surface area contributed by atoms with E-state index in [1.165, 1.54) is 16.7 Å². The Morgan fingerprint density at radius 3 is 0.974 bits per heavy atom. The summed E-state index contributed by atoms with van der Waals surface area (Å²) in [5, 5.41) is 0. The monoisotopic (exact) mass is 1200 g/mol. The first-order chi connectivity index (χ1) is 37.6. The fraction of sp³-hybridized carbons (Fsp3) is 0.125. The largest absolute Gasteiger partial charge is 0.256 e. The van der Waals surface area contributed by atoms with Gasteiger partial charge in [0.25, 0.3) is 0 Å². The van der Waals surface area contributed by atoms with Crippen LogP contribution in [0.4, 0.5) is 0 Å². The highest BCUT2D eigenvalue weighted by molar-refractivity contribution is 9.11. The first kappa shape index (κ1) is 52.7. The van der Waals surface area contributed by atoms with E-state index in [0.717, 1.165) is 125 Å². The Morgan fingerprint density at radius 2 is 0.628 bits per heavy atom. The van der Waals surface area contributed by atoms with Gasteiger partial charge in [0.1, 0.15) is 0 Å². The van der Waals surface area contributed by atoms with Crippen molar-refractivity contribution in [3.05, 3.63) is 255 Å². The third-order valence-corrected chi connectivity index (χ3v) is 16.7. The number of rotatable bonds is 10. The molecule has 6 heteroatoms. The van der Waals surface area contributed by atoms with E-state index in [-0.39, 0.29) is 10.8 Å². The molecule has 0 amide bonds. The minimum Gasteiger partial charge on any atom is -0.256 e. The summed E-state index contributed by atoms with van der Waals surface area (Å²) in [4.78, 5) is 14.6. The molecular weight excluding hydrogens is 1150 g/mol. The molecule has 78 heavy (non-hydrogen) atoms. The van der Waals surface area contributed by atoms with Gasteiger partial charge < -0.3 is 0 Å². The third-order valence-electron chi connectivity index (χ3n) is 14.8. The number of hydrogen-bond donors (Lipinski definition) is 0. The topological polar surface area (TPSA) is 38.7 Å². The Hall–Kier alpha value is -7.35. The van der Waals surface area contributed by atoms with Crippen LogP contribution in [0, 0.1) is 6.92 Å². The molecule has 0 saturated carbocycles. The van der Waals surface area contributed by atoms with Gasteiger partial charge in [-0.15, -0.1) is 0 Å². The normalized spacial score (nSPS) is 11.7. The lowest BCUT2D eigenvalue weighted by atomic mass is 9.85. The van der Waals surface area contributed by atoms with Gasteiger partial charge >= 0.3 is 0 Å². The number of aryl methyl sites for hydroxylation is 1. The molecule has 0 radical (unpaired) electrons. The van der Waals surface area contributed by atoms with Crippen LogP contribution in [0.15, 0.2) is 238 Å². The summed E-state index contributed by atoms with van der Waals surface area (Å²) >= 11 is 12.2. The molecule has 3 aromatic heterocycles. The van der Waals surface area contributed by atoms with Crippen molar-refractivity contribution in [3.63, 3.8) is 0 Å². The van der Waals surface area contributed by atoms with Gasteiger partial charge in [-0.05, 0) is 173 Å². The Labute approximate surface area is 485 Å². The molecule has 0 saturated heterocycles. The van der Waals surface area contributed by atoms with Crippen LogP contribution in [0.25, 0.3) is 112 Å². The lowest BCUT2D eigenvalue weighted by Gasteiger charge is -2.20. The molecule has 8 aromatic carbocycles. The Bertz CT molecular complexity index is 3880. The van der Waals surface area contributed by atoms with Crippen molar-refractivity contribution in [2.24, 2.45) is 0 Å². The zero-order valence-corrected chi connectivity index (χ0v) is 49.6. The maximum Gasteiger partial charge on any atom is 0.0705 e. The first-order valence-electron chi connectivity index (χ1n) is 26.4. The molecule has 11 rings (SSSR count). The molecule has 0 aliphatic heterocycles. The van der Waals surface area contributed by atoms with E-state index in [4.69, 9.17) is 15.0 Å². The van der Waals surface area contributed by atoms with Crippen LogP contribution in [-0.2, 0) is 10.8 Å². The third kappa shape index (κ3) is 10.9. The van der Waals surface area contributed by atoms with E-state index >= 15 is 0 Å². The molecule has 0 aliphatic carbocycles. The lowest BCUT2D eigenvalue weighted by molar-refractivity contribution is 0.589. The van der Waals surface area contributed by atoms with Gasteiger partial charge in [-0.2, -0.15) is 0 Å². The van der Waals surface area contributed by atoms with Crippen LogP contribution in [-0.4, -0.2) is 15.0 Å². The van der Waals surface area contributed by atoms with Crippen LogP contribution in [0.5, 0.6) is 0 Å². The zero-order chi connectivity index (χ0) is 54.3. The summed E-state index contributed by atoms with van der Waals surface area (Å²) < 4.78 is 3.00. The molecule has 3 nitrogen and oxygen atoms in total. The number of nitrogens with zero attached hydrogens (tertiary/aromatic N) is 3. The standard InChI is InChI=1S/C72H58Br3N3/c1-45-35-68(78-44-64(45)46-17-9-8-10-18-46)47-25-28-61(65(73)39-47)58-22-14-11-19-55(58)50-36-51(56-20-12-15-23-59(56)62-29-26-48(40-66(62)74)69-42-53(31-33-76-69)71(2,3)4)38-52(37-50)57-21-13-16-24-60(57)63-30-27-49(41-67(63)75)70-43-54(32-34-77-70)72(5,6)7/h8-44H,1-7H3. The predicted octanol–water partition coefficient (Wildman–Crippen LogP) is 21.7. The molecule has 0 fully saturated rings. The fourth-order valence-electron chi connectivity index (χ4n) is 10.4. The van der Waals surface area contributed by atoms with Crippen LogP contribution < -0.4 is 0 Å². The van der Waals surface area contributed by atoms with Crippen molar-refractivity contribution in [3.8, 4) is 112 Å². The smallest absolute Gasteiger partial charge is 0.0705 e. The van der Waals surface area contributed by atoms with Gasteiger partial charge in [0.15, 0.2) is 0 Å². The van der Waals surface area contributed by atoms with Crippen molar-refractivity contribution in [1.29, 1.82) is 0 Å². The van der Waals surface area contributed by atoms with E-state index in [1.54, 1.807) is 0 Å². The Balaban J connectivity index is 1.04. The summed E-state index contributed by atoms with van der Waals surface area (Å²) in [5.41, 5.74) is 25.4. The van der Waals surface area contributed by atoms with E-state index in [2.05, 4.69) is 296 Å². The summed E-state index contributed by atoms with van der Waals surface area (Å²) in [6.45, 7) is 15.6. The molecule has 0 bridgehead atoms. The van der Waals surface area contributed by atoms with Crippen molar-refractivity contribution in [1.82, 2.24) is 15.0 Å². The minimum absolute atomic E-state index is 0.00880. The van der Waals surface area contributed by atoms with E-state index in [0.29, 0.717) is 0 Å². The van der Waals surface area contributed by atoms with Crippen molar-refractivity contribution in [2.45, 2.75) is 59.3 Å². The lowest BCUT2D eigenvalue weighted by Crippen LogP contribution is -2.11. The van der Waals surface area contributed by atoms with Gasteiger partial charge in [0.05, 0.1) is 17.1 Å². The molecule has 0 unspecified atom stereocenters. The summed E-state index contributed by atoms with van der Waals surface area (Å²) in [6.07, 6.45) is 5.84. The van der Waals surface area contributed by atoms with Crippen molar-refractivity contribution in [2.75, 3.05) is 0 Å². The van der Waals surface area contributed by atoms with Gasteiger partial charge in [-0.25, -0.2) is 0 Å². The van der Waals surface area contributed by atoms with Crippen molar-refractivity contribution < 1.29 is 0 Å². The summed E-state index contributed by atoms with van der Waals surface area (Å²) in [7, 11) is 0. The van der Waals surface area contributed by atoms with Crippen LogP contribution >= 0.6 is 47.8 Å². The van der Waals surface area contributed by atoms with Crippen LogP contribution in [0.1, 0.15) is 58.2 Å². The molecule has 0 aliphatic rings. The van der Waals surface area contributed by atoms with E-state index in [9.17, 15) is 0 Å². The maximum atomic E-state index is 4.97. The predicted molar refractivity (Wildman–Crippen MR) is 339 cm³/mol. The number of hydrogen-bond acceptors (Lipinski definition) is 3. The number of pyridine rings is 3. The molecule has 0 spiro atoms. The fourth-order valence-corrected chi connectivity index (χ4v) is 12.2. The second-order valence-electron chi connectivity index (χ2n) is 22.1. The second kappa shape index (κ2) is 21.8. The first-order valence-corrected chi connectivity index (χ1v) is 28.7. The van der Waals surface area contributed by atoms with Crippen LogP contribution in [0.2, 0.25) is 0 Å². The molecular formula is C72H58Br3N3. The van der Waals surface area contributed by atoms with Gasteiger partial charge in [-0.3, -0.25) is 15.0 Å². The quantitative estimate of drug-likeness (QED) is 0.137. The number of halogens is 3. The Kier molecular flexibility index (Phi) is 14.7. The second-order valence-corrected chi connectivity index (χ2v) is 24.7. The SMILES string of the molecule is Cc1cc(-c2ccc(-c3ccccc3-c3cc(-c4ccccc4-c4ccc(-c5cc(C(C)(C)C)ccn5)cc4Br)cc(-c4ccccc4-c4ccc(-c5cc(C(C)(C)C)ccn5)cc4Br)c3)c(Br)c2)ncc1-c1ccccc1. The highest BCUT2D eigenvalue weighted by Crippen LogP contribution is 2.46. The molecule has 11 aromatic rings. The average Bonchev–Trinajstić information content (AvgIpc) is 3.49. The molecule has 0 N–H and O–H groups in total. The zero-order valence-electron chi connectivity index (χ0n) is 44.8. The summed E-state index contributed by atoms with van der Waals surface area (Å²) in [5.74, 6) is 0. The molecule has 382 valence electrons. The highest BCUT2D eigenvalue weighted by Gasteiger charge is 2.21. The highest BCUT2D eigenvalue weighted by atomic mass is 79.9. The average molecular weight is 1200 g/mol. The van der Waals surface area contributed by atoms with Crippen LogP contribution in [0.3, 0.4) is 0 Å². The summed E-state index contributed by atoms with van der Waals surface area (Å²) in [6, 6.07) is 74.5. The molecule has 3 heterocycles. The number of aromatic nitrogens is 3. The van der Waals surface area contributed by atoms with Crippen molar-refractivity contribution >= 4 is 47.8 Å². The van der Waals surface area contributed by atoms with E-state index in [1.807, 2.05) is 24.7 Å². The minimum atomic E-state index is 0.00880. The number of benzene rings is 8.